The lowest BCUT2D eigenvalue weighted by atomic mass is 10.2. The van der Waals surface area contributed by atoms with Crippen LogP contribution in [0.15, 0.2) is 24.3 Å². The molecule has 0 spiro atoms. The average molecular weight is 243 g/mol. The molecule has 0 fully saturated rings. The van der Waals surface area contributed by atoms with Crippen molar-refractivity contribution >= 4 is 24.0 Å². The minimum atomic E-state index is -0.476. The maximum Gasteiger partial charge on any atom is 0.243 e. The number of ether oxygens (including phenoxy) is 1. The third-order valence-corrected chi connectivity index (χ3v) is 2.38. The number of fused-ring (bicyclic) bond motifs is 1. The molecule has 0 aliphatic carbocycles. The number of carbonyl (C=O) groups is 1. The van der Waals surface area contributed by atoms with Crippen LogP contribution in [0.25, 0.3) is 0 Å². The second kappa shape index (κ2) is 5.18. The number of halogens is 1. The first-order valence-electron chi connectivity index (χ1n) is 4.99. The van der Waals surface area contributed by atoms with E-state index in [1.165, 1.54) is 0 Å². The third kappa shape index (κ3) is 2.28. The van der Waals surface area contributed by atoms with Crippen LogP contribution in [-0.2, 0) is 4.79 Å². The van der Waals surface area contributed by atoms with Gasteiger partial charge < -0.3 is 15.4 Å². The van der Waals surface area contributed by atoms with Gasteiger partial charge in [0.2, 0.25) is 5.91 Å². The average Bonchev–Trinajstić information content (AvgIpc) is 2.27. The summed E-state index contributed by atoms with van der Waals surface area (Å²) in [5.74, 6) is 0.684. The monoisotopic (exact) mass is 242 g/mol. The predicted octanol–water partition coefficient (Wildman–Crippen LogP) is 1.18. The smallest absolute Gasteiger partial charge is 0.243 e. The molecule has 4 nitrogen and oxygen atoms in total. The topological polar surface area (TPSA) is 55.6 Å². The first kappa shape index (κ1) is 12.8. The Kier molecular flexibility index (Phi) is 4.15. The molecular formula is C11H15ClN2O2. The number of benzene rings is 1. The van der Waals surface area contributed by atoms with Gasteiger partial charge in [-0.1, -0.05) is 12.1 Å². The summed E-state index contributed by atoms with van der Waals surface area (Å²) in [6.45, 7) is 2.78. The van der Waals surface area contributed by atoms with Crippen LogP contribution in [-0.4, -0.2) is 25.1 Å². The number of para-hydroxylation sites is 2. The number of nitrogens with zero attached hydrogens (tertiary/aromatic N) is 1. The second-order valence-electron chi connectivity index (χ2n) is 3.59. The number of rotatable bonds is 1. The Morgan fingerprint density at radius 1 is 1.50 bits per heavy atom. The van der Waals surface area contributed by atoms with Gasteiger partial charge in [0.15, 0.2) is 0 Å². The summed E-state index contributed by atoms with van der Waals surface area (Å²) < 4.78 is 5.45. The molecule has 1 atom stereocenters. The SMILES string of the molecule is C[C@@H](N)C(=O)N1CCOc2ccccc21.Cl. The minimum absolute atomic E-state index is 0. The Bertz CT molecular complexity index is 382. The van der Waals surface area contributed by atoms with Gasteiger partial charge in [-0.05, 0) is 19.1 Å². The molecule has 0 bridgehead atoms. The van der Waals surface area contributed by atoms with Gasteiger partial charge in [0, 0.05) is 0 Å². The molecule has 1 amide bonds. The van der Waals surface area contributed by atoms with Crippen molar-refractivity contribution in [1.82, 2.24) is 0 Å². The first-order valence-corrected chi connectivity index (χ1v) is 4.99. The molecule has 0 saturated heterocycles. The van der Waals surface area contributed by atoms with Gasteiger partial charge in [0.05, 0.1) is 18.3 Å². The number of amides is 1. The fraction of sp³-hybridized carbons (Fsp3) is 0.364. The van der Waals surface area contributed by atoms with Crippen molar-refractivity contribution in [2.24, 2.45) is 5.73 Å². The molecule has 0 radical (unpaired) electrons. The Labute approximate surface area is 101 Å². The highest BCUT2D eigenvalue weighted by molar-refractivity contribution is 5.98. The van der Waals surface area contributed by atoms with Gasteiger partial charge >= 0.3 is 0 Å². The zero-order valence-corrected chi connectivity index (χ0v) is 9.87. The Balaban J connectivity index is 0.00000128. The van der Waals surface area contributed by atoms with E-state index in [1.807, 2.05) is 24.3 Å². The Morgan fingerprint density at radius 2 is 2.19 bits per heavy atom. The zero-order chi connectivity index (χ0) is 10.8. The standard InChI is InChI=1S/C11H14N2O2.ClH/c1-8(12)11(14)13-6-7-15-10-5-3-2-4-9(10)13;/h2-5,8H,6-7,12H2,1H3;1H/t8-;/m1./s1. The first-order chi connectivity index (χ1) is 7.20. The number of nitrogens with two attached hydrogens (primary N) is 1. The summed E-state index contributed by atoms with van der Waals surface area (Å²) >= 11 is 0. The maximum atomic E-state index is 11.8. The number of hydrogen-bond donors (Lipinski definition) is 1. The zero-order valence-electron chi connectivity index (χ0n) is 9.05. The molecule has 5 heteroatoms. The molecule has 1 aromatic carbocycles. The van der Waals surface area contributed by atoms with Crippen LogP contribution >= 0.6 is 12.4 Å². The van der Waals surface area contributed by atoms with Gasteiger partial charge in [0.25, 0.3) is 0 Å². The number of carbonyl (C=O) groups excluding carboxylic acids is 1. The lowest BCUT2D eigenvalue weighted by Crippen LogP contribution is -2.45. The molecule has 88 valence electrons. The van der Waals surface area contributed by atoms with E-state index in [9.17, 15) is 4.79 Å². The summed E-state index contributed by atoms with van der Waals surface area (Å²) in [5.41, 5.74) is 6.40. The fourth-order valence-corrected chi connectivity index (χ4v) is 1.64. The van der Waals surface area contributed by atoms with E-state index in [0.717, 1.165) is 11.4 Å². The van der Waals surface area contributed by atoms with E-state index in [0.29, 0.717) is 13.2 Å². The summed E-state index contributed by atoms with van der Waals surface area (Å²) in [6, 6.07) is 7.02. The van der Waals surface area contributed by atoms with Gasteiger partial charge in [-0.25, -0.2) is 0 Å². The quantitative estimate of drug-likeness (QED) is 0.805. The molecule has 1 aromatic rings. The number of hydrogen-bond acceptors (Lipinski definition) is 3. The highest BCUT2D eigenvalue weighted by atomic mass is 35.5. The lowest BCUT2D eigenvalue weighted by molar-refractivity contribution is -0.119. The summed E-state index contributed by atoms with van der Waals surface area (Å²) in [5, 5.41) is 0. The highest BCUT2D eigenvalue weighted by Gasteiger charge is 2.24. The van der Waals surface area contributed by atoms with Crippen molar-refractivity contribution in [3.63, 3.8) is 0 Å². The molecule has 1 heterocycles. The molecule has 1 aliphatic rings. The minimum Gasteiger partial charge on any atom is -0.490 e. The molecule has 0 aromatic heterocycles. The summed E-state index contributed by atoms with van der Waals surface area (Å²) in [4.78, 5) is 13.5. The molecular weight excluding hydrogens is 228 g/mol. The molecule has 2 rings (SSSR count). The van der Waals surface area contributed by atoms with Crippen LogP contribution in [0.4, 0.5) is 5.69 Å². The summed E-state index contributed by atoms with van der Waals surface area (Å²) in [7, 11) is 0. The summed E-state index contributed by atoms with van der Waals surface area (Å²) in [6.07, 6.45) is 0. The van der Waals surface area contributed by atoms with Crippen LogP contribution in [0.2, 0.25) is 0 Å². The molecule has 16 heavy (non-hydrogen) atoms. The fourth-order valence-electron chi connectivity index (χ4n) is 1.64. The van der Waals surface area contributed by atoms with Crippen molar-refractivity contribution in [3.05, 3.63) is 24.3 Å². The van der Waals surface area contributed by atoms with Crippen molar-refractivity contribution in [2.45, 2.75) is 13.0 Å². The number of anilines is 1. The van der Waals surface area contributed by atoms with E-state index in [2.05, 4.69) is 0 Å². The van der Waals surface area contributed by atoms with E-state index in [-0.39, 0.29) is 18.3 Å². The van der Waals surface area contributed by atoms with Crippen LogP contribution in [0, 0.1) is 0 Å². The Hall–Kier alpha value is -1.26. The van der Waals surface area contributed by atoms with Crippen LogP contribution < -0.4 is 15.4 Å². The van der Waals surface area contributed by atoms with E-state index < -0.39 is 6.04 Å². The van der Waals surface area contributed by atoms with Crippen molar-refractivity contribution in [3.8, 4) is 5.75 Å². The van der Waals surface area contributed by atoms with E-state index in [4.69, 9.17) is 10.5 Å². The normalized spacial score (nSPS) is 15.5. The molecule has 0 unspecified atom stereocenters. The van der Waals surface area contributed by atoms with E-state index >= 15 is 0 Å². The third-order valence-electron chi connectivity index (χ3n) is 2.38. The van der Waals surface area contributed by atoms with E-state index in [1.54, 1.807) is 11.8 Å². The largest absolute Gasteiger partial charge is 0.490 e. The lowest BCUT2D eigenvalue weighted by Gasteiger charge is -2.30. The molecule has 2 N–H and O–H groups in total. The second-order valence-corrected chi connectivity index (χ2v) is 3.59. The van der Waals surface area contributed by atoms with Crippen molar-refractivity contribution in [1.29, 1.82) is 0 Å². The van der Waals surface area contributed by atoms with Crippen LogP contribution in [0.5, 0.6) is 5.75 Å². The van der Waals surface area contributed by atoms with Gasteiger partial charge in [-0.2, -0.15) is 0 Å². The molecule has 0 saturated carbocycles. The van der Waals surface area contributed by atoms with Gasteiger partial charge in [0.1, 0.15) is 12.4 Å². The van der Waals surface area contributed by atoms with Crippen molar-refractivity contribution in [2.75, 3.05) is 18.1 Å². The Morgan fingerprint density at radius 3 is 2.88 bits per heavy atom. The predicted molar refractivity (Wildman–Crippen MR) is 65.2 cm³/mol. The highest BCUT2D eigenvalue weighted by Crippen LogP contribution is 2.30. The molecule has 1 aliphatic heterocycles. The van der Waals surface area contributed by atoms with Crippen LogP contribution in [0.1, 0.15) is 6.92 Å². The maximum absolute atomic E-state index is 11.8. The van der Waals surface area contributed by atoms with Gasteiger partial charge in [-0.15, -0.1) is 12.4 Å². The van der Waals surface area contributed by atoms with Crippen LogP contribution in [0.3, 0.4) is 0 Å². The van der Waals surface area contributed by atoms with Crippen molar-refractivity contribution < 1.29 is 9.53 Å². The van der Waals surface area contributed by atoms with Gasteiger partial charge in [-0.3, -0.25) is 4.79 Å².